The van der Waals surface area contributed by atoms with Gasteiger partial charge in [-0.1, -0.05) is 36.4 Å². The molecule has 7 heteroatoms. The van der Waals surface area contributed by atoms with Crippen LogP contribution in [0, 0.1) is 3.57 Å². The van der Waals surface area contributed by atoms with Gasteiger partial charge < -0.3 is 5.32 Å². The summed E-state index contributed by atoms with van der Waals surface area (Å²) in [5, 5.41) is 2.84. The van der Waals surface area contributed by atoms with Gasteiger partial charge >= 0.3 is 0 Å². The van der Waals surface area contributed by atoms with Gasteiger partial charge in [-0.25, -0.2) is 13.1 Å². The molecule has 2 N–H and O–H groups in total. The Hall–Kier alpha value is -1.45. The van der Waals surface area contributed by atoms with Crippen LogP contribution in [0.15, 0.2) is 48.5 Å². The van der Waals surface area contributed by atoms with Gasteiger partial charge in [0.25, 0.3) is 5.91 Å². The molecule has 0 saturated carbocycles. The number of benzene rings is 2. The van der Waals surface area contributed by atoms with Crippen LogP contribution in [-0.2, 0) is 22.3 Å². The molecule has 0 fully saturated rings. The quantitative estimate of drug-likeness (QED) is 0.672. The van der Waals surface area contributed by atoms with Crippen molar-refractivity contribution in [3.05, 3.63) is 68.8 Å². The first kappa shape index (κ1) is 17.9. The second-order valence-electron chi connectivity index (χ2n) is 4.89. The van der Waals surface area contributed by atoms with Crippen molar-refractivity contribution in [1.82, 2.24) is 10.0 Å². The van der Waals surface area contributed by atoms with Crippen molar-refractivity contribution in [2.45, 2.75) is 12.3 Å². The first-order valence-corrected chi connectivity index (χ1v) is 9.67. The Labute approximate surface area is 149 Å². The highest BCUT2D eigenvalue weighted by molar-refractivity contribution is 14.1. The van der Waals surface area contributed by atoms with Crippen molar-refractivity contribution in [3.8, 4) is 0 Å². The van der Waals surface area contributed by atoms with Gasteiger partial charge in [0, 0.05) is 10.1 Å². The first-order valence-electron chi connectivity index (χ1n) is 6.93. The van der Waals surface area contributed by atoms with E-state index in [0.717, 1.165) is 9.13 Å². The van der Waals surface area contributed by atoms with E-state index < -0.39 is 10.0 Å². The summed E-state index contributed by atoms with van der Waals surface area (Å²) in [5.41, 5.74) is 2.06. The Bertz CT molecular complexity index is 806. The summed E-state index contributed by atoms with van der Waals surface area (Å²) in [6.45, 7) is 0.277. The van der Waals surface area contributed by atoms with Crippen LogP contribution in [0.2, 0.25) is 0 Å². The monoisotopic (exact) mass is 444 g/mol. The molecular weight excluding hydrogens is 427 g/mol. The van der Waals surface area contributed by atoms with E-state index in [-0.39, 0.29) is 18.2 Å². The molecule has 0 aromatic heterocycles. The molecule has 2 rings (SSSR count). The van der Waals surface area contributed by atoms with Crippen molar-refractivity contribution < 1.29 is 13.2 Å². The van der Waals surface area contributed by atoms with Crippen molar-refractivity contribution in [3.63, 3.8) is 0 Å². The lowest BCUT2D eigenvalue weighted by Crippen LogP contribution is -2.25. The molecule has 0 radical (unpaired) electrons. The maximum Gasteiger partial charge on any atom is 0.252 e. The van der Waals surface area contributed by atoms with Crippen LogP contribution in [-0.4, -0.2) is 21.4 Å². The van der Waals surface area contributed by atoms with Gasteiger partial charge in [-0.2, -0.15) is 0 Å². The smallest absolute Gasteiger partial charge is 0.252 e. The van der Waals surface area contributed by atoms with Crippen LogP contribution < -0.4 is 10.0 Å². The number of nitrogens with one attached hydrogen (secondary N) is 2. The van der Waals surface area contributed by atoms with Crippen molar-refractivity contribution in [2.75, 3.05) is 7.05 Å². The minimum absolute atomic E-state index is 0.113. The minimum atomic E-state index is -3.36. The number of carbonyl (C=O) groups is 1. The van der Waals surface area contributed by atoms with Crippen LogP contribution >= 0.6 is 22.6 Å². The fraction of sp³-hybridized carbons (Fsp3) is 0.188. The molecule has 23 heavy (non-hydrogen) atoms. The van der Waals surface area contributed by atoms with Crippen molar-refractivity contribution >= 4 is 38.5 Å². The fourth-order valence-electron chi connectivity index (χ4n) is 2.06. The number of carbonyl (C=O) groups excluding carboxylic acids is 1. The Balaban J connectivity index is 2.12. The zero-order valence-corrected chi connectivity index (χ0v) is 15.5. The maximum atomic E-state index is 12.2. The first-order chi connectivity index (χ1) is 10.9. The Morgan fingerprint density at radius 3 is 2.30 bits per heavy atom. The molecule has 0 saturated heterocycles. The molecule has 0 spiro atoms. The van der Waals surface area contributed by atoms with Gasteiger partial charge in [0.2, 0.25) is 10.0 Å². The van der Waals surface area contributed by atoms with Gasteiger partial charge in [0.05, 0.1) is 11.3 Å². The minimum Gasteiger partial charge on any atom is -0.348 e. The van der Waals surface area contributed by atoms with Gasteiger partial charge in [-0.05, 0) is 52.9 Å². The highest BCUT2D eigenvalue weighted by Crippen LogP contribution is 2.14. The van der Waals surface area contributed by atoms with E-state index in [0.29, 0.717) is 11.1 Å². The lowest BCUT2D eigenvalue weighted by atomic mass is 10.1. The molecule has 2 aromatic carbocycles. The fourth-order valence-corrected chi connectivity index (χ4v) is 3.53. The summed E-state index contributed by atoms with van der Waals surface area (Å²) in [5.74, 6) is -0.292. The standard InChI is InChI=1S/C16H17IN2O3S/c1-18-23(21,22)11-13-7-3-2-6-12(13)10-19-16(20)14-8-4-5-9-15(14)17/h2-9,18H,10-11H2,1H3,(H,19,20). The van der Waals surface area contributed by atoms with Crippen LogP contribution in [0.5, 0.6) is 0 Å². The summed E-state index contributed by atoms with van der Waals surface area (Å²) in [6, 6.07) is 14.5. The normalized spacial score (nSPS) is 11.2. The van der Waals surface area contributed by atoms with E-state index in [1.54, 1.807) is 18.2 Å². The summed E-state index contributed by atoms with van der Waals surface area (Å²) >= 11 is 2.11. The van der Waals surface area contributed by atoms with E-state index in [2.05, 4.69) is 32.6 Å². The van der Waals surface area contributed by atoms with Gasteiger partial charge in [0.1, 0.15) is 0 Å². The van der Waals surface area contributed by atoms with Crippen LogP contribution in [0.25, 0.3) is 0 Å². The average Bonchev–Trinajstić information content (AvgIpc) is 2.54. The lowest BCUT2D eigenvalue weighted by Gasteiger charge is -2.11. The second kappa shape index (κ2) is 7.89. The van der Waals surface area contributed by atoms with Crippen LogP contribution in [0.4, 0.5) is 0 Å². The molecule has 0 aliphatic carbocycles. The number of amides is 1. The molecule has 2 aromatic rings. The largest absolute Gasteiger partial charge is 0.348 e. The predicted molar refractivity (Wildman–Crippen MR) is 98.5 cm³/mol. The third kappa shape index (κ3) is 5.02. The molecule has 0 unspecified atom stereocenters. The summed E-state index contributed by atoms with van der Waals surface area (Å²) < 4.78 is 26.6. The summed E-state index contributed by atoms with van der Waals surface area (Å²) in [4.78, 5) is 12.2. The predicted octanol–water partition coefficient (Wildman–Crippen LogP) is 2.27. The lowest BCUT2D eigenvalue weighted by molar-refractivity contribution is 0.0950. The van der Waals surface area contributed by atoms with E-state index in [9.17, 15) is 13.2 Å². The molecule has 0 atom stereocenters. The molecule has 0 bridgehead atoms. The Kier molecular flexibility index (Phi) is 6.14. The van der Waals surface area contributed by atoms with Crippen molar-refractivity contribution in [2.24, 2.45) is 0 Å². The average molecular weight is 444 g/mol. The number of hydrogen-bond acceptors (Lipinski definition) is 3. The summed E-state index contributed by atoms with van der Waals surface area (Å²) in [6.07, 6.45) is 0. The summed E-state index contributed by atoms with van der Waals surface area (Å²) in [7, 11) is -1.97. The third-order valence-corrected chi connectivity index (χ3v) is 5.59. The molecule has 1 amide bonds. The van der Waals surface area contributed by atoms with Crippen LogP contribution in [0.3, 0.4) is 0 Å². The van der Waals surface area contributed by atoms with E-state index in [4.69, 9.17) is 0 Å². The molecule has 0 aliphatic rings. The second-order valence-corrected chi connectivity index (χ2v) is 7.98. The van der Waals surface area contributed by atoms with E-state index >= 15 is 0 Å². The van der Waals surface area contributed by atoms with E-state index in [1.165, 1.54) is 7.05 Å². The highest BCUT2D eigenvalue weighted by atomic mass is 127. The topological polar surface area (TPSA) is 75.3 Å². The van der Waals surface area contributed by atoms with Crippen LogP contribution in [0.1, 0.15) is 21.5 Å². The molecule has 5 nitrogen and oxygen atoms in total. The van der Waals surface area contributed by atoms with Gasteiger partial charge in [0.15, 0.2) is 0 Å². The van der Waals surface area contributed by atoms with Crippen molar-refractivity contribution in [1.29, 1.82) is 0 Å². The number of halogens is 1. The maximum absolute atomic E-state index is 12.2. The molecule has 0 heterocycles. The SMILES string of the molecule is CNS(=O)(=O)Cc1ccccc1CNC(=O)c1ccccc1I. The van der Waals surface area contributed by atoms with Gasteiger partial charge in [-0.15, -0.1) is 0 Å². The zero-order chi connectivity index (χ0) is 16.9. The number of rotatable bonds is 6. The molecule has 122 valence electrons. The molecular formula is C16H17IN2O3S. The number of sulfonamides is 1. The Morgan fingerprint density at radius 1 is 1.04 bits per heavy atom. The number of hydrogen-bond donors (Lipinski definition) is 2. The third-order valence-electron chi connectivity index (χ3n) is 3.33. The van der Waals surface area contributed by atoms with E-state index in [1.807, 2.05) is 30.3 Å². The molecule has 0 aliphatic heterocycles. The zero-order valence-electron chi connectivity index (χ0n) is 12.5. The highest BCUT2D eigenvalue weighted by Gasteiger charge is 2.13. The van der Waals surface area contributed by atoms with Gasteiger partial charge in [-0.3, -0.25) is 4.79 Å². The Morgan fingerprint density at radius 2 is 1.65 bits per heavy atom.